The largest absolute Gasteiger partial charge is 0.451 e. The zero-order valence-corrected chi connectivity index (χ0v) is 15.0. The Balaban J connectivity index is 2.01. The molecule has 1 amide bonds. The maximum absolute atomic E-state index is 12.8. The lowest BCUT2D eigenvalue weighted by atomic mass is 10.1. The van der Waals surface area contributed by atoms with E-state index < -0.39 is 23.1 Å². The van der Waals surface area contributed by atoms with Crippen molar-refractivity contribution in [1.29, 1.82) is 0 Å². The van der Waals surface area contributed by atoms with Gasteiger partial charge in [-0.15, -0.1) is 0 Å². The summed E-state index contributed by atoms with van der Waals surface area (Å²) < 4.78 is 44.0. The molecule has 0 saturated carbocycles. The Hall–Kier alpha value is -2.80. The Morgan fingerprint density at radius 3 is 2.48 bits per heavy atom. The average molecular weight is 396 g/mol. The summed E-state index contributed by atoms with van der Waals surface area (Å²) in [6, 6.07) is 6.97. The molecule has 0 radical (unpaired) electrons. The Labute approximate surface area is 156 Å². The van der Waals surface area contributed by atoms with Crippen LogP contribution in [0.3, 0.4) is 0 Å². The number of alkyl halides is 3. The summed E-state index contributed by atoms with van der Waals surface area (Å²) in [5.41, 5.74) is 0.135. The number of nitrogens with one attached hydrogen (secondary N) is 1. The highest BCUT2D eigenvalue weighted by atomic mass is 35.5. The van der Waals surface area contributed by atoms with Crippen molar-refractivity contribution < 1.29 is 22.4 Å². The molecule has 0 bridgehead atoms. The minimum atomic E-state index is -4.59. The molecule has 0 atom stereocenters. The van der Waals surface area contributed by atoms with E-state index in [1.165, 1.54) is 0 Å². The van der Waals surface area contributed by atoms with Crippen LogP contribution >= 0.6 is 11.6 Å². The minimum absolute atomic E-state index is 0.0776. The predicted octanol–water partition coefficient (Wildman–Crippen LogP) is 5.33. The van der Waals surface area contributed by atoms with Crippen molar-refractivity contribution in [2.75, 3.05) is 5.32 Å². The Morgan fingerprint density at radius 1 is 1.11 bits per heavy atom. The molecule has 2 aromatic carbocycles. The number of aryl methyl sites for hydroxylation is 2. The van der Waals surface area contributed by atoms with Crippen LogP contribution in [-0.2, 0) is 6.18 Å². The first-order valence-electron chi connectivity index (χ1n) is 7.79. The number of rotatable bonds is 2. The van der Waals surface area contributed by atoms with E-state index in [4.69, 9.17) is 16.0 Å². The number of hydrogen-bond donors (Lipinski definition) is 1. The fourth-order valence-corrected chi connectivity index (χ4v) is 2.92. The number of amides is 1. The molecule has 3 aromatic rings. The van der Waals surface area contributed by atoms with Crippen molar-refractivity contribution in [3.05, 3.63) is 74.1 Å². The Morgan fingerprint density at radius 2 is 1.81 bits per heavy atom. The van der Waals surface area contributed by atoms with Crippen molar-refractivity contribution in [2.24, 2.45) is 0 Å². The summed E-state index contributed by atoms with van der Waals surface area (Å²) in [7, 11) is 0. The predicted molar refractivity (Wildman–Crippen MR) is 96.4 cm³/mol. The van der Waals surface area contributed by atoms with Gasteiger partial charge in [-0.2, -0.15) is 13.2 Å². The van der Waals surface area contributed by atoms with Crippen LogP contribution in [0, 0.1) is 13.8 Å². The van der Waals surface area contributed by atoms with Gasteiger partial charge in [0.05, 0.1) is 21.7 Å². The van der Waals surface area contributed by atoms with Crippen LogP contribution in [0.5, 0.6) is 0 Å². The van der Waals surface area contributed by atoms with Gasteiger partial charge in [-0.25, -0.2) is 0 Å². The van der Waals surface area contributed by atoms with Crippen LogP contribution in [0.2, 0.25) is 5.02 Å². The molecule has 0 spiro atoms. The quantitative estimate of drug-likeness (QED) is 0.637. The molecular weight excluding hydrogens is 383 g/mol. The third-order valence-electron chi connectivity index (χ3n) is 3.94. The van der Waals surface area contributed by atoms with E-state index >= 15 is 0 Å². The Bertz CT molecular complexity index is 1120. The molecule has 8 heteroatoms. The van der Waals surface area contributed by atoms with Gasteiger partial charge in [-0.05, 0) is 49.2 Å². The van der Waals surface area contributed by atoms with Gasteiger partial charge in [0.2, 0.25) is 0 Å². The summed E-state index contributed by atoms with van der Waals surface area (Å²) in [4.78, 5) is 24.7. The van der Waals surface area contributed by atoms with Crippen LogP contribution < -0.4 is 10.7 Å². The van der Waals surface area contributed by atoms with E-state index in [9.17, 15) is 22.8 Å². The van der Waals surface area contributed by atoms with Crippen LogP contribution in [0.25, 0.3) is 11.0 Å². The third kappa shape index (κ3) is 3.83. The maximum Gasteiger partial charge on any atom is 0.416 e. The number of halogens is 4. The highest BCUT2D eigenvalue weighted by Gasteiger charge is 2.31. The van der Waals surface area contributed by atoms with Crippen molar-refractivity contribution in [2.45, 2.75) is 20.0 Å². The van der Waals surface area contributed by atoms with E-state index in [1.807, 2.05) is 6.92 Å². The summed E-state index contributed by atoms with van der Waals surface area (Å²) in [6.07, 6.45) is -4.59. The molecule has 1 aromatic heterocycles. The molecule has 140 valence electrons. The van der Waals surface area contributed by atoms with Gasteiger partial charge in [0.25, 0.3) is 5.91 Å². The van der Waals surface area contributed by atoms with Crippen molar-refractivity contribution in [3.8, 4) is 0 Å². The Kier molecular flexibility index (Phi) is 4.73. The van der Waals surface area contributed by atoms with Crippen molar-refractivity contribution in [1.82, 2.24) is 0 Å². The van der Waals surface area contributed by atoms with E-state index in [1.54, 1.807) is 19.1 Å². The fourth-order valence-electron chi connectivity index (χ4n) is 2.76. The topological polar surface area (TPSA) is 59.3 Å². The molecule has 27 heavy (non-hydrogen) atoms. The number of anilines is 1. The lowest BCUT2D eigenvalue weighted by Crippen LogP contribution is -2.16. The van der Waals surface area contributed by atoms with Gasteiger partial charge >= 0.3 is 6.18 Å². The standard InChI is InChI=1S/C19H13ClF3NO3/c1-9-5-10(2)17-14(25)8-16(27-15(17)6-9)18(26)24-13-7-11(19(21,22)23)3-4-12(13)20/h3-8H,1-2H3,(H,24,26). The number of carbonyl (C=O) groups excluding carboxylic acids is 1. The molecule has 1 heterocycles. The summed E-state index contributed by atoms with van der Waals surface area (Å²) in [5, 5.41) is 2.52. The number of fused-ring (bicyclic) bond motifs is 1. The van der Waals surface area contributed by atoms with Crippen LogP contribution in [-0.4, -0.2) is 5.91 Å². The molecule has 0 fully saturated rings. The first-order valence-corrected chi connectivity index (χ1v) is 8.17. The molecule has 0 aliphatic carbocycles. The number of carbonyl (C=O) groups is 1. The fraction of sp³-hybridized carbons (Fsp3) is 0.158. The number of benzene rings is 2. The smallest absolute Gasteiger partial charge is 0.416 e. The highest BCUT2D eigenvalue weighted by molar-refractivity contribution is 6.33. The zero-order valence-electron chi connectivity index (χ0n) is 14.2. The molecule has 0 aliphatic heterocycles. The average Bonchev–Trinajstić information content (AvgIpc) is 2.54. The summed E-state index contributed by atoms with van der Waals surface area (Å²) in [6.45, 7) is 3.55. The van der Waals surface area contributed by atoms with E-state index in [0.717, 1.165) is 23.8 Å². The summed E-state index contributed by atoms with van der Waals surface area (Å²) >= 11 is 5.87. The monoisotopic (exact) mass is 395 g/mol. The lowest BCUT2D eigenvalue weighted by molar-refractivity contribution is -0.137. The molecule has 3 rings (SSSR count). The molecule has 4 nitrogen and oxygen atoms in total. The van der Waals surface area contributed by atoms with E-state index in [-0.39, 0.29) is 22.1 Å². The maximum atomic E-state index is 12.8. The third-order valence-corrected chi connectivity index (χ3v) is 4.27. The minimum Gasteiger partial charge on any atom is -0.451 e. The number of hydrogen-bond acceptors (Lipinski definition) is 3. The zero-order chi connectivity index (χ0) is 19.9. The van der Waals surface area contributed by atoms with Crippen molar-refractivity contribution in [3.63, 3.8) is 0 Å². The second-order valence-corrected chi connectivity index (χ2v) is 6.48. The van der Waals surface area contributed by atoms with Gasteiger partial charge in [0.1, 0.15) is 5.58 Å². The molecule has 0 unspecified atom stereocenters. The van der Waals surface area contributed by atoms with Gasteiger partial charge < -0.3 is 9.73 Å². The second-order valence-electron chi connectivity index (χ2n) is 6.08. The molecular formula is C19H13ClF3NO3. The second kappa shape index (κ2) is 6.74. The first-order chi connectivity index (χ1) is 12.6. The molecule has 0 saturated heterocycles. The van der Waals surface area contributed by atoms with Crippen LogP contribution in [0.15, 0.2) is 45.6 Å². The lowest BCUT2D eigenvalue weighted by Gasteiger charge is -2.11. The SMILES string of the molecule is Cc1cc(C)c2c(=O)cc(C(=O)Nc3cc(C(F)(F)F)ccc3Cl)oc2c1. The molecule has 1 N–H and O–H groups in total. The molecule has 0 aliphatic rings. The van der Waals surface area contributed by atoms with E-state index in [2.05, 4.69) is 5.32 Å². The van der Waals surface area contributed by atoms with E-state index in [0.29, 0.717) is 17.0 Å². The van der Waals surface area contributed by atoms with Gasteiger partial charge in [-0.1, -0.05) is 17.7 Å². The van der Waals surface area contributed by atoms with Crippen molar-refractivity contribution >= 4 is 34.2 Å². The summed E-state index contributed by atoms with van der Waals surface area (Å²) in [5.74, 6) is -1.21. The van der Waals surface area contributed by atoms with Crippen LogP contribution in [0.1, 0.15) is 27.2 Å². The van der Waals surface area contributed by atoms with Crippen LogP contribution in [0.4, 0.5) is 18.9 Å². The normalized spacial score (nSPS) is 11.6. The van der Waals surface area contributed by atoms with Gasteiger partial charge in [0, 0.05) is 6.07 Å². The van der Waals surface area contributed by atoms with Gasteiger partial charge in [0.15, 0.2) is 11.2 Å². The first kappa shape index (κ1) is 19.0. The highest BCUT2D eigenvalue weighted by Crippen LogP contribution is 2.34. The van der Waals surface area contributed by atoms with Gasteiger partial charge in [-0.3, -0.25) is 9.59 Å².